The van der Waals surface area contributed by atoms with Crippen molar-refractivity contribution in [3.05, 3.63) is 59.2 Å². The van der Waals surface area contributed by atoms with E-state index in [2.05, 4.69) is 6.07 Å². The second-order valence-electron chi connectivity index (χ2n) is 3.91. The van der Waals surface area contributed by atoms with Crippen molar-refractivity contribution in [2.75, 3.05) is 0 Å². The first-order chi connectivity index (χ1) is 8.27. The van der Waals surface area contributed by atoms with Gasteiger partial charge in [-0.3, -0.25) is 0 Å². The molecule has 0 radical (unpaired) electrons. The first kappa shape index (κ1) is 11.4. The normalized spacial score (nSPS) is 9.94. The lowest BCUT2D eigenvalue weighted by atomic mass is 9.94. The van der Waals surface area contributed by atoms with Gasteiger partial charge in [-0.25, -0.2) is 0 Å². The minimum Gasteiger partial charge on any atom is -0.392 e. The van der Waals surface area contributed by atoms with Crippen LogP contribution in [0.15, 0.2) is 42.5 Å². The van der Waals surface area contributed by atoms with Crippen molar-refractivity contribution in [3.8, 4) is 17.2 Å². The summed E-state index contributed by atoms with van der Waals surface area (Å²) in [6.07, 6.45) is 0. The molecule has 2 aromatic carbocycles. The summed E-state index contributed by atoms with van der Waals surface area (Å²) >= 11 is 0. The Balaban J connectivity index is 2.65. The largest absolute Gasteiger partial charge is 0.392 e. The molecule has 0 heterocycles. The van der Waals surface area contributed by atoms with Gasteiger partial charge in [-0.15, -0.1) is 0 Å². The summed E-state index contributed by atoms with van der Waals surface area (Å²) in [5.41, 5.74) is 4.51. The highest BCUT2D eigenvalue weighted by Crippen LogP contribution is 2.28. The summed E-state index contributed by atoms with van der Waals surface area (Å²) in [5.74, 6) is 0. The van der Waals surface area contributed by atoms with Crippen LogP contribution in [0.25, 0.3) is 11.1 Å². The van der Waals surface area contributed by atoms with Crippen LogP contribution in [0.4, 0.5) is 0 Å². The number of hydrogen-bond donors (Lipinski definition) is 1. The van der Waals surface area contributed by atoms with Crippen molar-refractivity contribution in [2.24, 2.45) is 0 Å². The van der Waals surface area contributed by atoms with Crippen molar-refractivity contribution in [2.45, 2.75) is 13.5 Å². The van der Waals surface area contributed by atoms with E-state index in [1.807, 2.05) is 43.3 Å². The predicted octanol–water partition coefficient (Wildman–Crippen LogP) is 3.03. The van der Waals surface area contributed by atoms with Crippen LogP contribution in [0.5, 0.6) is 0 Å². The maximum absolute atomic E-state index is 9.25. The maximum Gasteiger partial charge on any atom is 0.0998 e. The van der Waals surface area contributed by atoms with Gasteiger partial charge >= 0.3 is 0 Å². The van der Waals surface area contributed by atoms with Crippen molar-refractivity contribution in [3.63, 3.8) is 0 Å². The molecule has 0 aromatic heterocycles. The molecule has 0 aliphatic carbocycles. The van der Waals surface area contributed by atoms with Crippen molar-refractivity contribution in [1.29, 1.82) is 5.26 Å². The van der Waals surface area contributed by atoms with E-state index in [0.717, 1.165) is 22.3 Å². The molecule has 0 atom stereocenters. The molecule has 0 saturated carbocycles. The number of aliphatic hydroxyl groups excluding tert-OH is 1. The molecule has 2 nitrogen and oxygen atoms in total. The second-order valence-corrected chi connectivity index (χ2v) is 3.91. The zero-order valence-electron chi connectivity index (χ0n) is 9.64. The SMILES string of the molecule is Cc1c(CO)cccc1-c1ccccc1C#N. The summed E-state index contributed by atoms with van der Waals surface area (Å²) in [7, 11) is 0. The smallest absolute Gasteiger partial charge is 0.0998 e. The van der Waals surface area contributed by atoms with Crippen molar-refractivity contribution < 1.29 is 5.11 Å². The molecule has 0 aliphatic rings. The number of rotatable bonds is 2. The number of benzene rings is 2. The van der Waals surface area contributed by atoms with E-state index in [1.165, 1.54) is 0 Å². The third-order valence-electron chi connectivity index (χ3n) is 2.95. The molecular weight excluding hydrogens is 210 g/mol. The second kappa shape index (κ2) is 4.82. The van der Waals surface area contributed by atoms with Gasteiger partial charge in [-0.05, 0) is 35.2 Å². The first-order valence-corrected chi connectivity index (χ1v) is 5.46. The monoisotopic (exact) mass is 223 g/mol. The van der Waals surface area contributed by atoms with Crippen LogP contribution in [-0.4, -0.2) is 5.11 Å². The molecule has 0 bridgehead atoms. The third-order valence-corrected chi connectivity index (χ3v) is 2.95. The molecule has 2 rings (SSSR count). The summed E-state index contributed by atoms with van der Waals surface area (Å²) in [5, 5.41) is 18.3. The van der Waals surface area contributed by atoms with Crippen LogP contribution in [0.1, 0.15) is 16.7 Å². The highest BCUT2D eigenvalue weighted by molar-refractivity contribution is 5.74. The van der Waals surface area contributed by atoms with Gasteiger partial charge in [0.15, 0.2) is 0 Å². The fraction of sp³-hybridized carbons (Fsp3) is 0.133. The zero-order valence-corrected chi connectivity index (χ0v) is 9.64. The van der Waals surface area contributed by atoms with Gasteiger partial charge < -0.3 is 5.11 Å². The van der Waals surface area contributed by atoms with Crippen LogP contribution < -0.4 is 0 Å². The van der Waals surface area contributed by atoms with E-state index in [0.29, 0.717) is 5.56 Å². The summed E-state index contributed by atoms with van der Waals surface area (Å²) in [4.78, 5) is 0. The fourth-order valence-electron chi connectivity index (χ4n) is 1.96. The molecule has 0 spiro atoms. The van der Waals surface area contributed by atoms with Crippen molar-refractivity contribution >= 4 is 0 Å². The van der Waals surface area contributed by atoms with E-state index in [-0.39, 0.29) is 6.61 Å². The van der Waals surface area contributed by atoms with Crippen LogP contribution in [0.2, 0.25) is 0 Å². The molecule has 17 heavy (non-hydrogen) atoms. The van der Waals surface area contributed by atoms with Crippen LogP contribution >= 0.6 is 0 Å². The molecular formula is C15H13NO. The van der Waals surface area contributed by atoms with Crippen LogP contribution in [-0.2, 0) is 6.61 Å². The van der Waals surface area contributed by atoms with Gasteiger partial charge in [0.1, 0.15) is 0 Å². The van der Waals surface area contributed by atoms with Crippen LogP contribution in [0, 0.1) is 18.3 Å². The maximum atomic E-state index is 9.25. The Hall–Kier alpha value is -2.11. The highest BCUT2D eigenvalue weighted by atomic mass is 16.3. The standard InChI is InChI=1S/C15H13NO/c1-11-13(10-17)6-4-8-14(11)15-7-3-2-5-12(15)9-16/h2-8,17H,10H2,1H3. The topological polar surface area (TPSA) is 44.0 Å². The molecule has 0 saturated heterocycles. The number of hydrogen-bond acceptors (Lipinski definition) is 2. The van der Waals surface area contributed by atoms with Gasteiger partial charge in [0.25, 0.3) is 0 Å². The summed E-state index contributed by atoms with van der Waals surface area (Å²) < 4.78 is 0. The molecule has 2 aromatic rings. The minimum absolute atomic E-state index is 0.0222. The van der Waals surface area contributed by atoms with E-state index in [1.54, 1.807) is 6.07 Å². The molecule has 0 aliphatic heterocycles. The van der Waals surface area contributed by atoms with E-state index in [9.17, 15) is 5.11 Å². The molecule has 0 unspecified atom stereocenters. The van der Waals surface area contributed by atoms with Gasteiger partial charge in [-0.2, -0.15) is 5.26 Å². The first-order valence-electron chi connectivity index (χ1n) is 5.46. The predicted molar refractivity (Wildman–Crippen MR) is 67.3 cm³/mol. The Labute approximate surface area is 101 Å². The Bertz CT molecular complexity index is 582. The van der Waals surface area contributed by atoms with Gasteiger partial charge in [-0.1, -0.05) is 36.4 Å². The number of nitrogens with zero attached hydrogens (tertiary/aromatic N) is 1. The lowest BCUT2D eigenvalue weighted by Crippen LogP contribution is -1.93. The average molecular weight is 223 g/mol. The molecule has 2 heteroatoms. The summed E-state index contributed by atoms with van der Waals surface area (Å²) in [6.45, 7) is 1.99. The zero-order chi connectivity index (χ0) is 12.3. The molecule has 84 valence electrons. The Kier molecular flexibility index (Phi) is 3.22. The Morgan fingerprint density at radius 3 is 2.47 bits per heavy atom. The van der Waals surface area contributed by atoms with Gasteiger partial charge in [0, 0.05) is 0 Å². The number of aliphatic hydroxyl groups is 1. The van der Waals surface area contributed by atoms with Gasteiger partial charge in [0.2, 0.25) is 0 Å². The molecule has 0 fully saturated rings. The summed E-state index contributed by atoms with van der Waals surface area (Å²) in [6, 6.07) is 15.5. The van der Waals surface area contributed by atoms with E-state index in [4.69, 9.17) is 5.26 Å². The third kappa shape index (κ3) is 2.06. The molecule has 1 N–H and O–H groups in total. The van der Waals surface area contributed by atoms with Crippen LogP contribution in [0.3, 0.4) is 0 Å². The molecule has 0 amide bonds. The highest BCUT2D eigenvalue weighted by Gasteiger charge is 2.08. The van der Waals surface area contributed by atoms with E-state index < -0.39 is 0 Å². The fourth-order valence-corrected chi connectivity index (χ4v) is 1.96. The lowest BCUT2D eigenvalue weighted by Gasteiger charge is -2.11. The van der Waals surface area contributed by atoms with E-state index >= 15 is 0 Å². The van der Waals surface area contributed by atoms with Gasteiger partial charge in [0.05, 0.1) is 18.2 Å². The average Bonchev–Trinajstić information content (AvgIpc) is 2.39. The number of nitriles is 1. The Morgan fingerprint density at radius 1 is 1.06 bits per heavy atom. The van der Waals surface area contributed by atoms with Crippen molar-refractivity contribution in [1.82, 2.24) is 0 Å². The lowest BCUT2D eigenvalue weighted by molar-refractivity contribution is 0.281. The Morgan fingerprint density at radius 2 is 1.76 bits per heavy atom. The quantitative estimate of drug-likeness (QED) is 0.850. The minimum atomic E-state index is 0.0222.